The smallest absolute Gasteiger partial charge is 0.472 e. The van der Waals surface area contributed by atoms with Gasteiger partial charge in [0.25, 0.3) is 0 Å². The van der Waals surface area contributed by atoms with E-state index >= 15 is 0 Å². The Morgan fingerprint density at radius 2 is 0.873 bits per heavy atom. The molecular formula is C52H88NO9P. The van der Waals surface area contributed by atoms with Crippen molar-refractivity contribution in [1.29, 1.82) is 0 Å². The highest BCUT2D eigenvalue weighted by Gasteiger charge is 2.27. The van der Waals surface area contributed by atoms with Gasteiger partial charge in [0.15, 0.2) is 0 Å². The van der Waals surface area contributed by atoms with E-state index in [1.54, 1.807) is 0 Å². The molecule has 0 rings (SSSR count). The van der Waals surface area contributed by atoms with Gasteiger partial charge in [-0.05, 0) is 89.9 Å². The van der Waals surface area contributed by atoms with Crippen molar-refractivity contribution in [3.63, 3.8) is 0 Å². The molecule has 360 valence electrons. The van der Waals surface area contributed by atoms with Crippen molar-refractivity contribution in [3.8, 4) is 0 Å². The summed E-state index contributed by atoms with van der Waals surface area (Å²) in [5.74, 6) is -1.80. The minimum Gasteiger partial charge on any atom is -0.480 e. The fraction of sp³-hybridized carbons (Fsp3) is 0.654. The summed E-state index contributed by atoms with van der Waals surface area (Å²) in [7, 11) is -4.63. The Bertz CT molecular complexity index is 1370. The highest BCUT2D eigenvalue weighted by Crippen LogP contribution is 2.43. The molecule has 0 aromatic carbocycles. The van der Waals surface area contributed by atoms with E-state index in [1.165, 1.54) is 38.5 Å². The van der Waals surface area contributed by atoms with Gasteiger partial charge in [-0.2, -0.15) is 0 Å². The Hall–Kier alpha value is -3.11. The summed E-state index contributed by atoms with van der Waals surface area (Å²) in [6, 6.07) is -1.48. The van der Waals surface area contributed by atoms with Crippen LogP contribution in [0.1, 0.15) is 181 Å². The van der Waals surface area contributed by atoms with Crippen molar-refractivity contribution in [2.24, 2.45) is 5.73 Å². The predicted molar refractivity (Wildman–Crippen MR) is 263 cm³/mol. The van der Waals surface area contributed by atoms with Crippen LogP contribution in [-0.2, 0) is 32.7 Å². The molecule has 0 aliphatic carbocycles. The number of carboxylic acids is 1. The fourth-order valence-electron chi connectivity index (χ4n) is 6.17. The molecule has 0 aliphatic rings. The van der Waals surface area contributed by atoms with Crippen LogP contribution in [-0.4, -0.2) is 60.5 Å². The Balaban J connectivity index is 4.23. The molecule has 63 heavy (non-hydrogen) atoms. The third-order valence-electron chi connectivity index (χ3n) is 9.86. The maximum absolute atomic E-state index is 12.7. The van der Waals surface area contributed by atoms with Gasteiger partial charge in [0.1, 0.15) is 12.1 Å². The number of nitrogens with two attached hydrogens (primary N) is 1. The van der Waals surface area contributed by atoms with Gasteiger partial charge in [0, 0.05) is 13.0 Å². The lowest BCUT2D eigenvalue weighted by atomic mass is 10.1. The lowest BCUT2D eigenvalue weighted by Gasteiger charge is -2.20. The molecule has 0 bridgehead atoms. The van der Waals surface area contributed by atoms with E-state index in [0.717, 1.165) is 116 Å². The van der Waals surface area contributed by atoms with Gasteiger partial charge in [-0.15, -0.1) is 0 Å². The highest BCUT2D eigenvalue weighted by atomic mass is 31.2. The van der Waals surface area contributed by atoms with Crippen LogP contribution < -0.4 is 5.73 Å². The van der Waals surface area contributed by atoms with Crippen LogP contribution >= 0.6 is 7.82 Å². The molecule has 0 amide bonds. The quantitative estimate of drug-likeness (QED) is 0.0233. The zero-order chi connectivity index (χ0) is 46.2. The van der Waals surface area contributed by atoms with Crippen molar-refractivity contribution in [3.05, 3.63) is 97.2 Å². The van der Waals surface area contributed by atoms with Gasteiger partial charge in [0.2, 0.25) is 0 Å². The zero-order valence-electron chi connectivity index (χ0n) is 39.4. The summed E-state index contributed by atoms with van der Waals surface area (Å²) in [4.78, 5) is 33.7. The van der Waals surface area contributed by atoms with Gasteiger partial charge >= 0.3 is 19.8 Å². The van der Waals surface area contributed by atoms with Gasteiger partial charge in [-0.25, -0.2) is 4.57 Å². The van der Waals surface area contributed by atoms with Crippen molar-refractivity contribution in [1.82, 2.24) is 0 Å². The molecule has 0 saturated heterocycles. The first-order valence-corrected chi connectivity index (χ1v) is 25.8. The van der Waals surface area contributed by atoms with Crippen LogP contribution in [0.25, 0.3) is 0 Å². The SMILES string of the molecule is CC/C=C\C/C=C\C/C=C\C/C=C\CCCCCCCCCCCOCC(COP(=O)(O)OCC(N)C(=O)O)OC(=O)CCCCCCCC/C=C\C/C=C\C/C=C\C/C=C\CC. The van der Waals surface area contributed by atoms with Crippen LogP contribution in [0.2, 0.25) is 0 Å². The minimum atomic E-state index is -4.63. The Labute approximate surface area is 383 Å². The number of aliphatic carboxylic acids is 1. The molecule has 0 radical (unpaired) electrons. The first kappa shape index (κ1) is 59.9. The monoisotopic (exact) mass is 902 g/mol. The summed E-state index contributed by atoms with van der Waals surface area (Å²) in [5, 5.41) is 8.92. The van der Waals surface area contributed by atoms with Crippen LogP contribution in [0, 0.1) is 0 Å². The number of rotatable bonds is 45. The number of phosphoric acid groups is 1. The first-order chi connectivity index (χ1) is 30.7. The van der Waals surface area contributed by atoms with E-state index in [-0.39, 0.29) is 13.0 Å². The Morgan fingerprint density at radius 1 is 0.508 bits per heavy atom. The van der Waals surface area contributed by atoms with E-state index < -0.39 is 45.1 Å². The Morgan fingerprint density at radius 3 is 1.30 bits per heavy atom. The van der Waals surface area contributed by atoms with Crippen molar-refractivity contribution >= 4 is 19.8 Å². The third kappa shape index (κ3) is 46.7. The molecule has 0 aliphatic heterocycles. The number of unbranched alkanes of at least 4 members (excludes halogenated alkanes) is 15. The number of carbonyl (C=O) groups is 2. The van der Waals surface area contributed by atoms with Crippen molar-refractivity contribution in [2.75, 3.05) is 26.4 Å². The average Bonchev–Trinajstić information content (AvgIpc) is 3.26. The second-order valence-electron chi connectivity index (χ2n) is 15.8. The minimum absolute atomic E-state index is 0.000565. The molecule has 0 aromatic rings. The van der Waals surface area contributed by atoms with Gasteiger partial charge < -0.3 is 25.2 Å². The molecule has 3 unspecified atom stereocenters. The van der Waals surface area contributed by atoms with Gasteiger partial charge in [0.05, 0.1) is 19.8 Å². The Kier molecular flexibility index (Phi) is 44.6. The number of ether oxygens (including phenoxy) is 2. The molecule has 0 spiro atoms. The lowest BCUT2D eigenvalue weighted by Crippen LogP contribution is -2.34. The molecule has 0 aromatic heterocycles. The zero-order valence-corrected chi connectivity index (χ0v) is 40.3. The van der Waals surface area contributed by atoms with Gasteiger partial charge in [-0.1, -0.05) is 182 Å². The van der Waals surface area contributed by atoms with Crippen LogP contribution in [0.15, 0.2) is 97.2 Å². The van der Waals surface area contributed by atoms with Crippen LogP contribution in [0.5, 0.6) is 0 Å². The molecule has 4 N–H and O–H groups in total. The first-order valence-electron chi connectivity index (χ1n) is 24.3. The standard InChI is InChI=1S/C52H88NO9P/c1-3-5-7-9-11-13-15-17-19-21-23-24-25-27-29-31-33-35-37-39-41-43-45-59-46-49(47-60-63(57,58)61-48-50(53)52(55)56)62-51(54)44-42-40-38-36-34-32-30-28-26-22-20-18-16-14-12-10-8-6-4-2/h5-8,11-14,17-20,23-24,26,28,49-50H,3-4,9-10,15-16,21-22,25,27,29-48,53H2,1-2H3,(H,55,56)(H,57,58)/b7-5-,8-6-,13-11-,14-12-,19-17-,20-18-,24-23-,28-26-. The number of esters is 1. The fourth-order valence-corrected chi connectivity index (χ4v) is 6.95. The van der Waals surface area contributed by atoms with Crippen molar-refractivity contribution in [2.45, 2.75) is 193 Å². The number of hydrogen-bond donors (Lipinski definition) is 3. The van der Waals surface area contributed by atoms with Crippen LogP contribution in [0.4, 0.5) is 0 Å². The van der Waals surface area contributed by atoms with E-state index in [4.69, 9.17) is 29.4 Å². The number of hydrogen-bond acceptors (Lipinski definition) is 8. The maximum Gasteiger partial charge on any atom is 0.472 e. The van der Waals surface area contributed by atoms with E-state index in [1.807, 2.05) is 0 Å². The maximum atomic E-state index is 12.7. The topological polar surface area (TPSA) is 155 Å². The summed E-state index contributed by atoms with van der Waals surface area (Å²) < 4.78 is 33.5. The normalized spacial score (nSPS) is 14.6. The van der Waals surface area contributed by atoms with Gasteiger partial charge in [-0.3, -0.25) is 18.6 Å². The number of carboxylic acid groups (broad SMARTS) is 1. The second-order valence-corrected chi connectivity index (χ2v) is 17.3. The largest absolute Gasteiger partial charge is 0.480 e. The molecular weight excluding hydrogens is 814 g/mol. The average molecular weight is 902 g/mol. The predicted octanol–water partition coefficient (Wildman–Crippen LogP) is 14.1. The molecule has 3 atom stereocenters. The van der Waals surface area contributed by atoms with Crippen molar-refractivity contribution < 1.29 is 42.7 Å². The number of carbonyl (C=O) groups excluding carboxylic acids is 1. The van der Waals surface area contributed by atoms with E-state index in [2.05, 4.69) is 111 Å². The highest BCUT2D eigenvalue weighted by molar-refractivity contribution is 7.47. The molecule has 0 saturated carbocycles. The molecule has 11 heteroatoms. The van der Waals surface area contributed by atoms with E-state index in [9.17, 15) is 19.0 Å². The van der Waals surface area contributed by atoms with E-state index in [0.29, 0.717) is 13.0 Å². The second kappa shape index (κ2) is 46.9. The summed E-state index contributed by atoms with van der Waals surface area (Å²) >= 11 is 0. The van der Waals surface area contributed by atoms with Crippen LogP contribution in [0.3, 0.4) is 0 Å². The summed E-state index contributed by atoms with van der Waals surface area (Å²) in [6.07, 6.45) is 61.7. The third-order valence-corrected chi connectivity index (χ3v) is 10.8. The number of phosphoric ester groups is 1. The molecule has 0 heterocycles. The lowest BCUT2D eigenvalue weighted by molar-refractivity contribution is -0.154. The molecule has 10 nitrogen and oxygen atoms in total. The summed E-state index contributed by atoms with van der Waals surface area (Å²) in [5.41, 5.74) is 5.37. The molecule has 0 fully saturated rings. The number of allylic oxidation sites excluding steroid dienone is 16. The summed E-state index contributed by atoms with van der Waals surface area (Å²) in [6.45, 7) is 3.62.